The Bertz CT molecular complexity index is 517. The van der Waals surface area contributed by atoms with E-state index in [4.69, 9.17) is 21.1 Å². The summed E-state index contributed by atoms with van der Waals surface area (Å²) in [5.41, 5.74) is -0.444. The predicted molar refractivity (Wildman–Crippen MR) is 88.6 cm³/mol. The smallest absolute Gasteiger partial charge is 0.312 e. The first-order chi connectivity index (χ1) is 11.5. The fourth-order valence-corrected chi connectivity index (χ4v) is 6.45. The van der Waals surface area contributed by atoms with E-state index in [2.05, 4.69) is 5.32 Å². The largest absolute Gasteiger partial charge is 0.455 e. The molecule has 5 rings (SSSR count). The van der Waals surface area contributed by atoms with Crippen LogP contribution in [0.2, 0.25) is 0 Å². The molecule has 5 aliphatic rings. The molecular weight excluding hydrogens is 330 g/mol. The highest BCUT2D eigenvalue weighted by molar-refractivity contribution is 6.24. The van der Waals surface area contributed by atoms with Crippen molar-refractivity contribution >= 4 is 23.5 Å². The minimum atomic E-state index is -0.444. The maximum absolute atomic E-state index is 12.7. The second kappa shape index (κ2) is 6.17. The Morgan fingerprint density at radius 3 is 2.58 bits per heavy atom. The molecule has 1 N–H and O–H groups in total. The second-order valence-corrected chi connectivity index (χ2v) is 9.21. The first kappa shape index (κ1) is 16.6. The van der Waals surface area contributed by atoms with Crippen molar-refractivity contribution in [2.45, 2.75) is 62.3 Å². The van der Waals surface area contributed by atoms with Gasteiger partial charge >= 0.3 is 5.97 Å². The zero-order chi connectivity index (χ0) is 16.8. The molecule has 5 nitrogen and oxygen atoms in total. The number of amides is 1. The fourth-order valence-electron chi connectivity index (χ4n) is 5.76. The molecule has 5 atom stereocenters. The molecule has 24 heavy (non-hydrogen) atoms. The molecule has 0 spiro atoms. The topological polar surface area (TPSA) is 64.6 Å². The van der Waals surface area contributed by atoms with E-state index in [0.29, 0.717) is 24.8 Å². The molecule has 134 valence electrons. The standard InChI is InChI=1S/C18H26ClNO4/c19-18-7-12-4-13(8-18)6-17(5-12,11-18)16(22)24-10-15(21)20-9-14-2-1-3-23-14/h12-14H,1-11H2,(H,20,21)/t12-,13+,14-,17?,18?/m0/s1. The molecule has 6 heteroatoms. The van der Waals surface area contributed by atoms with Crippen LogP contribution in [0.15, 0.2) is 0 Å². The number of alkyl halides is 1. The highest BCUT2D eigenvalue weighted by Crippen LogP contribution is 2.64. The summed E-state index contributed by atoms with van der Waals surface area (Å²) in [6.07, 6.45) is 7.86. The number of hydrogen-bond donors (Lipinski definition) is 1. The van der Waals surface area contributed by atoms with Crippen LogP contribution in [0.5, 0.6) is 0 Å². The Labute approximate surface area is 147 Å². The van der Waals surface area contributed by atoms with Gasteiger partial charge in [0.2, 0.25) is 0 Å². The number of rotatable bonds is 5. The van der Waals surface area contributed by atoms with Gasteiger partial charge in [-0.2, -0.15) is 0 Å². The lowest BCUT2D eigenvalue weighted by molar-refractivity contribution is -0.171. The van der Waals surface area contributed by atoms with Gasteiger partial charge in [-0.1, -0.05) is 0 Å². The summed E-state index contributed by atoms with van der Waals surface area (Å²) in [4.78, 5) is 24.4. The van der Waals surface area contributed by atoms with Crippen LogP contribution in [0.4, 0.5) is 0 Å². The molecule has 0 aromatic heterocycles. The van der Waals surface area contributed by atoms with Gasteiger partial charge in [0.05, 0.1) is 11.5 Å². The maximum atomic E-state index is 12.7. The van der Waals surface area contributed by atoms with Crippen LogP contribution in [0.25, 0.3) is 0 Å². The summed E-state index contributed by atoms with van der Waals surface area (Å²) < 4.78 is 10.9. The molecule has 0 aromatic rings. The van der Waals surface area contributed by atoms with E-state index in [1.807, 2.05) is 0 Å². The van der Waals surface area contributed by atoms with Gasteiger partial charge in [-0.3, -0.25) is 9.59 Å². The van der Waals surface area contributed by atoms with E-state index >= 15 is 0 Å². The van der Waals surface area contributed by atoms with Gasteiger partial charge in [-0.05, 0) is 63.2 Å². The van der Waals surface area contributed by atoms with Crippen molar-refractivity contribution in [1.82, 2.24) is 5.32 Å². The van der Waals surface area contributed by atoms with E-state index in [9.17, 15) is 9.59 Å². The number of hydrogen-bond acceptors (Lipinski definition) is 4. The molecule has 4 aliphatic carbocycles. The molecule has 0 radical (unpaired) electrons. The van der Waals surface area contributed by atoms with Gasteiger partial charge in [-0.15, -0.1) is 11.6 Å². The Hall–Kier alpha value is -0.810. The third-order valence-corrected chi connectivity index (χ3v) is 6.75. The summed E-state index contributed by atoms with van der Waals surface area (Å²) in [5.74, 6) is 0.632. The molecule has 4 saturated carbocycles. The van der Waals surface area contributed by atoms with Crippen LogP contribution >= 0.6 is 11.6 Å². The quantitative estimate of drug-likeness (QED) is 0.607. The van der Waals surface area contributed by atoms with Crippen LogP contribution in [0, 0.1) is 17.3 Å². The van der Waals surface area contributed by atoms with Crippen LogP contribution in [-0.4, -0.2) is 42.6 Å². The van der Waals surface area contributed by atoms with Gasteiger partial charge in [0.1, 0.15) is 0 Å². The minimum Gasteiger partial charge on any atom is -0.455 e. The van der Waals surface area contributed by atoms with Crippen LogP contribution < -0.4 is 5.32 Å². The van der Waals surface area contributed by atoms with E-state index in [-0.39, 0.29) is 29.5 Å². The Balaban J connectivity index is 1.29. The Morgan fingerprint density at radius 2 is 1.96 bits per heavy atom. The summed E-state index contributed by atoms with van der Waals surface area (Å²) in [5, 5.41) is 2.79. The number of halogens is 1. The highest BCUT2D eigenvalue weighted by atomic mass is 35.5. The summed E-state index contributed by atoms with van der Waals surface area (Å²) >= 11 is 6.75. The van der Waals surface area contributed by atoms with E-state index in [1.54, 1.807) is 0 Å². The summed E-state index contributed by atoms with van der Waals surface area (Å²) in [6.45, 7) is 1.06. The Kier molecular flexibility index (Phi) is 4.28. The molecular formula is C18H26ClNO4. The van der Waals surface area contributed by atoms with Crippen LogP contribution in [0.1, 0.15) is 51.4 Å². The monoisotopic (exact) mass is 355 g/mol. The molecule has 1 heterocycles. The zero-order valence-corrected chi connectivity index (χ0v) is 14.8. The van der Waals surface area contributed by atoms with Gasteiger partial charge in [0.25, 0.3) is 5.91 Å². The van der Waals surface area contributed by atoms with Crippen molar-refractivity contribution in [3.05, 3.63) is 0 Å². The number of esters is 1. The molecule has 1 aliphatic heterocycles. The van der Waals surface area contributed by atoms with Gasteiger partial charge in [0.15, 0.2) is 6.61 Å². The van der Waals surface area contributed by atoms with Gasteiger partial charge < -0.3 is 14.8 Å². The molecule has 0 aromatic carbocycles. The number of nitrogens with one attached hydrogen (secondary N) is 1. The normalized spacial score (nSPS) is 43.0. The maximum Gasteiger partial charge on any atom is 0.312 e. The summed E-state index contributed by atoms with van der Waals surface area (Å²) in [7, 11) is 0. The first-order valence-electron chi connectivity index (χ1n) is 9.21. The fraction of sp³-hybridized carbons (Fsp3) is 0.889. The number of ether oxygens (including phenoxy) is 2. The van der Waals surface area contributed by atoms with Crippen LogP contribution in [-0.2, 0) is 19.1 Å². The van der Waals surface area contributed by atoms with Crippen LogP contribution in [0.3, 0.4) is 0 Å². The van der Waals surface area contributed by atoms with Gasteiger partial charge in [-0.25, -0.2) is 0 Å². The molecule has 5 fully saturated rings. The third kappa shape index (κ3) is 3.17. The molecule has 1 saturated heterocycles. The SMILES string of the molecule is O=C(COC(=O)C12C[C@@H]3C[C@@H](CC(Cl)(C3)C1)C2)NC[C@@H]1CCCO1. The first-order valence-corrected chi connectivity index (χ1v) is 9.59. The van der Waals surface area contributed by atoms with Crippen molar-refractivity contribution in [2.75, 3.05) is 19.8 Å². The van der Waals surface area contributed by atoms with E-state index < -0.39 is 5.41 Å². The highest BCUT2D eigenvalue weighted by Gasteiger charge is 2.60. The zero-order valence-electron chi connectivity index (χ0n) is 14.0. The number of carbonyl (C=O) groups excluding carboxylic acids is 2. The van der Waals surface area contributed by atoms with Crippen molar-refractivity contribution in [3.63, 3.8) is 0 Å². The molecule has 4 bridgehead atoms. The molecule has 1 amide bonds. The van der Waals surface area contributed by atoms with E-state index in [0.717, 1.165) is 45.1 Å². The lowest BCUT2D eigenvalue weighted by atomic mass is 9.49. The van der Waals surface area contributed by atoms with E-state index in [1.165, 1.54) is 6.42 Å². The van der Waals surface area contributed by atoms with Gasteiger partial charge in [0, 0.05) is 18.0 Å². The average Bonchev–Trinajstić information content (AvgIpc) is 3.01. The lowest BCUT2D eigenvalue weighted by Gasteiger charge is -2.58. The summed E-state index contributed by atoms with van der Waals surface area (Å²) in [6, 6.07) is 0. The van der Waals surface area contributed by atoms with Crippen molar-refractivity contribution < 1.29 is 19.1 Å². The molecule has 2 unspecified atom stereocenters. The second-order valence-electron chi connectivity index (χ2n) is 8.41. The minimum absolute atomic E-state index is 0.101. The van der Waals surface area contributed by atoms with Crippen molar-refractivity contribution in [2.24, 2.45) is 17.3 Å². The number of carbonyl (C=O) groups is 2. The third-order valence-electron chi connectivity index (χ3n) is 6.31. The van der Waals surface area contributed by atoms with Crippen molar-refractivity contribution in [3.8, 4) is 0 Å². The predicted octanol–water partition coefficient (Wildman–Crippen LogP) is 2.40. The average molecular weight is 356 g/mol. The lowest BCUT2D eigenvalue weighted by Crippen LogP contribution is -2.56. The Morgan fingerprint density at radius 1 is 1.21 bits per heavy atom. The van der Waals surface area contributed by atoms with Crippen molar-refractivity contribution in [1.29, 1.82) is 0 Å².